The molecule has 156 valence electrons. The van der Waals surface area contributed by atoms with Gasteiger partial charge >= 0.3 is 5.91 Å². The molecule has 2 N–H and O–H groups in total. The number of aryl methyl sites for hydroxylation is 1. The van der Waals surface area contributed by atoms with Crippen molar-refractivity contribution < 1.29 is 14.3 Å². The molecule has 3 aromatic carbocycles. The molecule has 7 heteroatoms. The number of benzene rings is 3. The molecule has 1 aliphatic heterocycles. The van der Waals surface area contributed by atoms with Gasteiger partial charge in [0.15, 0.2) is 6.04 Å². The second-order valence-corrected chi connectivity index (χ2v) is 8.25. The maximum atomic E-state index is 12.9. The summed E-state index contributed by atoms with van der Waals surface area (Å²) in [4.78, 5) is 25.7. The normalized spacial score (nSPS) is 19.3. The van der Waals surface area contributed by atoms with Crippen molar-refractivity contribution >= 4 is 41.2 Å². The summed E-state index contributed by atoms with van der Waals surface area (Å²) in [5.41, 5.74) is 6.17. The Kier molecular flexibility index (Phi) is 6.07. The van der Waals surface area contributed by atoms with E-state index in [2.05, 4.69) is 10.7 Å². The molecule has 31 heavy (non-hydrogen) atoms. The predicted molar refractivity (Wildman–Crippen MR) is 122 cm³/mol. The molecule has 2 amide bonds. The van der Waals surface area contributed by atoms with Crippen LogP contribution in [0, 0.1) is 6.92 Å². The van der Waals surface area contributed by atoms with E-state index in [1.165, 1.54) is 0 Å². The van der Waals surface area contributed by atoms with E-state index in [0.717, 1.165) is 16.7 Å². The molecule has 5 nitrogen and oxygen atoms in total. The molecular formula is C24H20Cl2N3O2+. The van der Waals surface area contributed by atoms with Crippen molar-refractivity contribution in [2.45, 2.75) is 19.0 Å². The average Bonchev–Trinajstić information content (AvgIpc) is 3.05. The Labute approximate surface area is 190 Å². The van der Waals surface area contributed by atoms with Gasteiger partial charge in [0.2, 0.25) is 12.3 Å². The molecule has 0 radical (unpaired) electrons. The smallest absolute Gasteiger partial charge is 0.304 e. The summed E-state index contributed by atoms with van der Waals surface area (Å²) in [5, 5.41) is 4.04. The SMILES string of the molecule is Cc1ccc([C@H]2[C@H](NC(=O)c3ccc(Cl)cc3)C(=O)N/[N+]2=C\c2ccc(Cl)cc2)cc1. The van der Waals surface area contributed by atoms with E-state index in [0.29, 0.717) is 15.6 Å². The molecule has 0 saturated carbocycles. The Bertz CT molecular complexity index is 1140. The first-order valence-corrected chi connectivity index (χ1v) is 10.5. The van der Waals surface area contributed by atoms with Gasteiger partial charge in [0.25, 0.3) is 5.91 Å². The minimum Gasteiger partial charge on any atom is -0.334 e. The zero-order chi connectivity index (χ0) is 22.0. The maximum absolute atomic E-state index is 12.9. The Hall–Kier alpha value is -3.15. The fourth-order valence-electron chi connectivity index (χ4n) is 3.48. The molecule has 3 aromatic rings. The third-order valence-electron chi connectivity index (χ3n) is 5.11. The van der Waals surface area contributed by atoms with Crippen molar-refractivity contribution in [3.63, 3.8) is 0 Å². The first kappa shape index (κ1) is 21.1. The van der Waals surface area contributed by atoms with Crippen molar-refractivity contribution in [3.05, 3.63) is 105 Å². The first-order chi connectivity index (χ1) is 14.9. The summed E-state index contributed by atoms with van der Waals surface area (Å²) in [5.74, 6) is -0.639. The van der Waals surface area contributed by atoms with E-state index in [4.69, 9.17) is 23.2 Å². The number of hydrogen-bond donors (Lipinski definition) is 2. The molecule has 0 bridgehead atoms. The molecular weight excluding hydrogens is 433 g/mol. The highest BCUT2D eigenvalue weighted by Crippen LogP contribution is 2.26. The van der Waals surface area contributed by atoms with Gasteiger partial charge in [-0.05, 0) is 55.5 Å². The molecule has 0 spiro atoms. The van der Waals surface area contributed by atoms with Gasteiger partial charge in [-0.2, -0.15) is 0 Å². The van der Waals surface area contributed by atoms with Crippen molar-refractivity contribution in [2.24, 2.45) is 0 Å². The number of hydrogen-bond acceptors (Lipinski definition) is 2. The number of nitrogens with one attached hydrogen (secondary N) is 2. The minimum atomic E-state index is -0.783. The van der Waals surface area contributed by atoms with Gasteiger partial charge in [-0.1, -0.05) is 53.0 Å². The van der Waals surface area contributed by atoms with Crippen LogP contribution < -0.4 is 10.7 Å². The summed E-state index contributed by atoms with van der Waals surface area (Å²) < 4.78 is 1.73. The van der Waals surface area contributed by atoms with Crippen molar-refractivity contribution in [1.29, 1.82) is 0 Å². The summed E-state index contributed by atoms with van der Waals surface area (Å²) >= 11 is 11.9. The highest BCUT2D eigenvalue weighted by atomic mass is 35.5. The van der Waals surface area contributed by atoms with Gasteiger partial charge in [0.1, 0.15) is 0 Å². The van der Waals surface area contributed by atoms with Crippen LogP contribution in [0.3, 0.4) is 0 Å². The fraction of sp³-hybridized carbons (Fsp3) is 0.125. The number of rotatable bonds is 4. The molecule has 1 heterocycles. The van der Waals surface area contributed by atoms with E-state index < -0.39 is 12.1 Å². The van der Waals surface area contributed by atoms with Crippen molar-refractivity contribution in [3.8, 4) is 0 Å². The minimum absolute atomic E-state index is 0.293. The first-order valence-electron chi connectivity index (χ1n) is 9.73. The van der Waals surface area contributed by atoms with Crippen LogP contribution in [0.2, 0.25) is 10.0 Å². The highest BCUT2D eigenvalue weighted by Gasteiger charge is 2.47. The van der Waals surface area contributed by atoms with E-state index in [1.807, 2.05) is 49.5 Å². The van der Waals surface area contributed by atoms with Crippen LogP contribution in [0.25, 0.3) is 0 Å². The maximum Gasteiger partial charge on any atom is 0.304 e. The van der Waals surface area contributed by atoms with Crippen LogP contribution in [-0.4, -0.2) is 28.8 Å². The summed E-state index contributed by atoms with van der Waals surface area (Å²) in [6, 6.07) is 20.5. The Morgan fingerprint density at radius 2 is 1.52 bits per heavy atom. The van der Waals surface area contributed by atoms with E-state index in [9.17, 15) is 9.59 Å². The van der Waals surface area contributed by atoms with E-state index in [-0.39, 0.29) is 11.8 Å². The van der Waals surface area contributed by atoms with Gasteiger partial charge < -0.3 is 5.32 Å². The lowest BCUT2D eigenvalue weighted by atomic mass is 9.98. The number of halogens is 2. The fourth-order valence-corrected chi connectivity index (χ4v) is 3.73. The average molecular weight is 453 g/mol. The summed E-state index contributed by atoms with van der Waals surface area (Å²) in [6.45, 7) is 2.00. The molecule has 1 fully saturated rings. The van der Waals surface area contributed by atoms with Gasteiger partial charge in [0.05, 0.1) is 0 Å². The monoisotopic (exact) mass is 452 g/mol. The Morgan fingerprint density at radius 3 is 2.13 bits per heavy atom. The largest absolute Gasteiger partial charge is 0.334 e. The summed E-state index contributed by atoms with van der Waals surface area (Å²) in [6.07, 6.45) is 1.83. The zero-order valence-electron chi connectivity index (χ0n) is 16.7. The van der Waals surface area contributed by atoms with Crippen LogP contribution in [-0.2, 0) is 4.79 Å². The standard InChI is InChI=1S/C24H19Cl2N3O2/c1-15-2-6-17(7-3-15)22-21(27-23(30)18-8-12-20(26)13-9-18)24(31)28-29(22)14-16-4-10-19(25)11-5-16/h2-14,21-22H,1H3,(H-,27,28,30,31)/p+1/b29-14-/t21-,22-/m0/s1. The number of hydrazone groups is 1. The number of hydrazine groups is 1. The van der Waals surface area contributed by atoms with Crippen LogP contribution in [0.15, 0.2) is 72.8 Å². The molecule has 2 atom stereocenters. The molecule has 4 rings (SSSR count). The van der Waals surface area contributed by atoms with E-state index >= 15 is 0 Å². The molecule has 0 aliphatic carbocycles. The molecule has 1 aliphatic rings. The predicted octanol–water partition coefficient (Wildman–Crippen LogP) is 4.32. The van der Waals surface area contributed by atoms with Gasteiger partial charge in [-0.15, -0.1) is 10.1 Å². The molecule has 1 saturated heterocycles. The lowest BCUT2D eigenvalue weighted by molar-refractivity contribution is -0.596. The van der Waals surface area contributed by atoms with Gasteiger partial charge in [0, 0.05) is 26.7 Å². The number of carbonyl (C=O) groups excluding carboxylic acids is 2. The topological polar surface area (TPSA) is 61.2 Å². The van der Waals surface area contributed by atoms with Crippen LogP contribution >= 0.6 is 23.2 Å². The Morgan fingerprint density at radius 1 is 0.935 bits per heavy atom. The summed E-state index contributed by atoms with van der Waals surface area (Å²) in [7, 11) is 0. The highest BCUT2D eigenvalue weighted by molar-refractivity contribution is 6.31. The molecule has 0 aromatic heterocycles. The van der Waals surface area contributed by atoms with Crippen molar-refractivity contribution in [2.75, 3.05) is 0 Å². The number of carbonyl (C=O) groups is 2. The van der Waals surface area contributed by atoms with Crippen LogP contribution in [0.4, 0.5) is 0 Å². The lowest BCUT2D eigenvalue weighted by Gasteiger charge is -2.15. The van der Waals surface area contributed by atoms with Crippen molar-refractivity contribution in [1.82, 2.24) is 10.7 Å². The third-order valence-corrected chi connectivity index (χ3v) is 5.61. The van der Waals surface area contributed by atoms with Crippen LogP contribution in [0.1, 0.15) is 33.1 Å². The number of nitrogens with zero attached hydrogens (tertiary/aromatic N) is 1. The lowest BCUT2D eigenvalue weighted by Crippen LogP contribution is -2.42. The van der Waals surface area contributed by atoms with Gasteiger partial charge in [-0.3, -0.25) is 9.59 Å². The zero-order valence-corrected chi connectivity index (χ0v) is 18.2. The molecule has 0 unspecified atom stereocenters. The van der Waals surface area contributed by atoms with E-state index in [1.54, 1.807) is 41.1 Å². The second kappa shape index (κ2) is 8.92. The number of amides is 2. The Balaban J connectivity index is 1.69. The van der Waals surface area contributed by atoms with Gasteiger partial charge in [-0.25, -0.2) is 0 Å². The van der Waals surface area contributed by atoms with Crippen LogP contribution in [0.5, 0.6) is 0 Å². The second-order valence-electron chi connectivity index (χ2n) is 7.38. The quantitative estimate of drug-likeness (QED) is 0.579. The third kappa shape index (κ3) is 4.79.